The van der Waals surface area contributed by atoms with Crippen LogP contribution in [0.15, 0.2) is 0 Å². The molecule has 2 bridgehead atoms. The molecule has 3 rings (SSSR count). The minimum absolute atomic E-state index is 0.0766. The highest BCUT2D eigenvalue weighted by Crippen LogP contribution is 2.62. The maximum absolute atomic E-state index is 12.0. The predicted octanol–water partition coefficient (Wildman–Crippen LogP) is 3.30. The zero-order valence-corrected chi connectivity index (χ0v) is 10.6. The molecule has 3 atom stereocenters. The van der Waals surface area contributed by atoms with E-state index < -0.39 is 0 Å². The van der Waals surface area contributed by atoms with Gasteiger partial charge in [-0.25, -0.2) is 0 Å². The van der Waals surface area contributed by atoms with Crippen molar-refractivity contribution in [1.29, 1.82) is 0 Å². The number of rotatable bonds is 0. The molecule has 1 saturated heterocycles. The second kappa shape index (κ2) is 2.83. The minimum atomic E-state index is -0.163. The van der Waals surface area contributed by atoms with Gasteiger partial charge >= 0.3 is 5.97 Å². The number of carbonyl (C=O) groups excluding carboxylic acids is 1. The number of fused-ring (bicyclic) bond motifs is 1. The van der Waals surface area contributed by atoms with Crippen molar-refractivity contribution in [3.63, 3.8) is 0 Å². The van der Waals surface area contributed by atoms with Crippen LogP contribution in [0.3, 0.4) is 0 Å². The Morgan fingerprint density at radius 3 is 2.69 bits per heavy atom. The highest BCUT2D eigenvalue weighted by atomic mass is 16.6. The molecule has 3 fully saturated rings. The molecule has 16 heavy (non-hydrogen) atoms. The number of hydrogen-bond acceptors (Lipinski definition) is 2. The van der Waals surface area contributed by atoms with Gasteiger partial charge in [0.15, 0.2) is 0 Å². The Labute approximate surface area is 97.7 Å². The molecule has 3 aliphatic rings. The fourth-order valence-corrected chi connectivity index (χ4v) is 4.62. The van der Waals surface area contributed by atoms with Gasteiger partial charge in [-0.05, 0) is 44.4 Å². The van der Waals surface area contributed by atoms with E-state index in [1.54, 1.807) is 0 Å². The second-order valence-electron chi connectivity index (χ2n) is 7.13. The van der Waals surface area contributed by atoms with Crippen molar-refractivity contribution in [2.75, 3.05) is 0 Å². The maximum Gasteiger partial charge on any atom is 0.312 e. The Morgan fingerprint density at radius 1 is 1.19 bits per heavy atom. The first-order valence-electron chi connectivity index (χ1n) is 6.62. The second-order valence-corrected chi connectivity index (χ2v) is 7.13. The van der Waals surface area contributed by atoms with Crippen molar-refractivity contribution >= 4 is 5.97 Å². The Bertz CT molecular complexity index is 347. The standard InChI is InChI=1S/C14H22O2/c1-12(2)6-4-7-14-9-13(3,11(15)16-14)8-5-10(12)14/h10H,4-9H2,1-3H3. The average Bonchev–Trinajstić information content (AvgIpc) is 2.32. The van der Waals surface area contributed by atoms with Gasteiger partial charge in [0.2, 0.25) is 0 Å². The van der Waals surface area contributed by atoms with E-state index in [0.29, 0.717) is 11.3 Å². The van der Waals surface area contributed by atoms with Crippen molar-refractivity contribution in [3.05, 3.63) is 0 Å². The van der Waals surface area contributed by atoms with Gasteiger partial charge in [-0.15, -0.1) is 0 Å². The molecule has 0 aromatic carbocycles. The smallest absolute Gasteiger partial charge is 0.312 e. The molecule has 0 radical (unpaired) electrons. The first kappa shape index (κ1) is 10.6. The molecule has 2 aliphatic carbocycles. The van der Waals surface area contributed by atoms with Gasteiger partial charge in [0.1, 0.15) is 5.60 Å². The molecule has 1 heterocycles. The van der Waals surface area contributed by atoms with Crippen LogP contribution in [0.25, 0.3) is 0 Å². The summed E-state index contributed by atoms with van der Waals surface area (Å²) in [5, 5.41) is 0. The number of esters is 1. The van der Waals surface area contributed by atoms with E-state index in [-0.39, 0.29) is 17.0 Å². The highest BCUT2D eigenvalue weighted by Gasteiger charge is 2.64. The highest BCUT2D eigenvalue weighted by molar-refractivity contribution is 5.80. The number of carbonyl (C=O) groups is 1. The summed E-state index contributed by atoms with van der Waals surface area (Å²) in [5.41, 5.74) is 0.0972. The summed E-state index contributed by atoms with van der Waals surface area (Å²) in [7, 11) is 0. The quantitative estimate of drug-likeness (QED) is 0.588. The summed E-state index contributed by atoms with van der Waals surface area (Å²) < 4.78 is 5.88. The fraction of sp³-hybridized carbons (Fsp3) is 0.929. The summed E-state index contributed by atoms with van der Waals surface area (Å²) in [6.07, 6.45) is 6.78. The first-order valence-corrected chi connectivity index (χ1v) is 6.62. The van der Waals surface area contributed by atoms with E-state index in [1.165, 1.54) is 19.3 Å². The van der Waals surface area contributed by atoms with Gasteiger partial charge in [0, 0.05) is 12.3 Å². The first-order chi connectivity index (χ1) is 7.38. The van der Waals surface area contributed by atoms with Gasteiger partial charge in [-0.2, -0.15) is 0 Å². The molecule has 2 heteroatoms. The van der Waals surface area contributed by atoms with Crippen LogP contribution in [0, 0.1) is 16.7 Å². The maximum atomic E-state index is 12.0. The van der Waals surface area contributed by atoms with Crippen LogP contribution in [0.5, 0.6) is 0 Å². The normalized spacial score (nSPS) is 49.7. The molecule has 0 aromatic rings. The van der Waals surface area contributed by atoms with Crippen molar-refractivity contribution in [2.24, 2.45) is 16.7 Å². The van der Waals surface area contributed by atoms with Crippen LogP contribution < -0.4 is 0 Å². The summed E-state index contributed by atoms with van der Waals surface area (Å²) in [5.74, 6) is 0.668. The summed E-state index contributed by atoms with van der Waals surface area (Å²) in [6.45, 7) is 6.81. The van der Waals surface area contributed by atoms with Gasteiger partial charge < -0.3 is 4.74 Å². The summed E-state index contributed by atoms with van der Waals surface area (Å²) in [6, 6.07) is 0. The Kier molecular flexibility index (Phi) is 1.88. The molecule has 2 nitrogen and oxygen atoms in total. The van der Waals surface area contributed by atoms with E-state index in [2.05, 4.69) is 20.8 Å². The van der Waals surface area contributed by atoms with Crippen LogP contribution in [0.2, 0.25) is 0 Å². The van der Waals surface area contributed by atoms with Crippen molar-refractivity contribution in [2.45, 2.75) is 64.9 Å². The predicted molar refractivity (Wildman–Crippen MR) is 61.9 cm³/mol. The third-order valence-corrected chi connectivity index (χ3v) is 5.46. The van der Waals surface area contributed by atoms with E-state index in [0.717, 1.165) is 19.3 Å². The molecule has 1 spiro atoms. The third kappa shape index (κ3) is 1.16. The summed E-state index contributed by atoms with van der Waals surface area (Å²) >= 11 is 0. The molecular formula is C14H22O2. The molecular weight excluding hydrogens is 200 g/mol. The van der Waals surface area contributed by atoms with Crippen molar-refractivity contribution in [1.82, 2.24) is 0 Å². The molecule has 0 aromatic heterocycles. The van der Waals surface area contributed by atoms with E-state index in [9.17, 15) is 4.79 Å². The zero-order valence-electron chi connectivity index (χ0n) is 10.6. The van der Waals surface area contributed by atoms with Crippen molar-refractivity contribution in [3.8, 4) is 0 Å². The lowest BCUT2D eigenvalue weighted by Gasteiger charge is -2.52. The van der Waals surface area contributed by atoms with Crippen LogP contribution in [-0.4, -0.2) is 11.6 Å². The van der Waals surface area contributed by atoms with Crippen LogP contribution >= 0.6 is 0 Å². The van der Waals surface area contributed by atoms with E-state index in [4.69, 9.17) is 4.74 Å². The molecule has 1 aliphatic heterocycles. The van der Waals surface area contributed by atoms with Crippen LogP contribution in [0.1, 0.15) is 59.3 Å². The van der Waals surface area contributed by atoms with Crippen LogP contribution in [0.4, 0.5) is 0 Å². The molecule has 3 unspecified atom stereocenters. The Morgan fingerprint density at radius 2 is 1.94 bits per heavy atom. The molecule has 0 amide bonds. The Balaban J connectivity index is 2.01. The van der Waals surface area contributed by atoms with Crippen molar-refractivity contribution < 1.29 is 9.53 Å². The lowest BCUT2D eigenvalue weighted by molar-refractivity contribution is -0.163. The molecule has 0 N–H and O–H groups in total. The van der Waals surface area contributed by atoms with Gasteiger partial charge in [0.25, 0.3) is 0 Å². The van der Waals surface area contributed by atoms with E-state index >= 15 is 0 Å². The average molecular weight is 222 g/mol. The van der Waals surface area contributed by atoms with Gasteiger partial charge in [-0.3, -0.25) is 4.79 Å². The lowest BCUT2D eigenvalue weighted by Crippen LogP contribution is -2.51. The Hall–Kier alpha value is -0.530. The lowest BCUT2D eigenvalue weighted by atomic mass is 9.53. The fourth-order valence-electron chi connectivity index (χ4n) is 4.62. The minimum Gasteiger partial charge on any atom is -0.458 e. The number of hydrogen-bond donors (Lipinski definition) is 0. The van der Waals surface area contributed by atoms with Crippen LogP contribution in [-0.2, 0) is 9.53 Å². The van der Waals surface area contributed by atoms with Gasteiger partial charge in [-0.1, -0.05) is 13.8 Å². The number of ether oxygens (including phenoxy) is 1. The topological polar surface area (TPSA) is 26.3 Å². The third-order valence-electron chi connectivity index (χ3n) is 5.46. The molecule has 90 valence electrons. The zero-order chi connectivity index (χ0) is 11.6. The molecule has 2 saturated carbocycles. The summed E-state index contributed by atoms with van der Waals surface area (Å²) in [4.78, 5) is 12.0. The van der Waals surface area contributed by atoms with E-state index in [1.807, 2.05) is 0 Å². The SMILES string of the molecule is CC12CCC3C(C)(C)CCCC3(C1)OC2=O. The monoisotopic (exact) mass is 222 g/mol. The largest absolute Gasteiger partial charge is 0.458 e. The van der Waals surface area contributed by atoms with Gasteiger partial charge in [0.05, 0.1) is 5.41 Å².